The van der Waals surface area contributed by atoms with Gasteiger partial charge in [0.15, 0.2) is 0 Å². The lowest BCUT2D eigenvalue weighted by molar-refractivity contribution is -0.115. The molecule has 140 valence electrons. The van der Waals surface area contributed by atoms with Gasteiger partial charge in [-0.05, 0) is 47.7 Å². The first-order valence-electron chi connectivity index (χ1n) is 9.52. The lowest BCUT2D eigenvalue weighted by atomic mass is 10.0. The average molecular weight is 370 g/mol. The summed E-state index contributed by atoms with van der Waals surface area (Å²) in [4.78, 5) is 24.5. The standard InChI is InChI=1S/C24H22N2O2/c27-23(15-17-9-11-19(12-10-17)18-5-2-1-3-6-18)25-22-8-4-7-20(16-22)24(28)26-21-13-14-21/h1-12,16,21H,13-15H2,(H,25,27)(H,26,28). The van der Waals surface area contributed by atoms with Crippen molar-refractivity contribution in [3.63, 3.8) is 0 Å². The van der Waals surface area contributed by atoms with E-state index in [9.17, 15) is 9.59 Å². The van der Waals surface area contributed by atoms with Crippen LogP contribution in [0, 0.1) is 0 Å². The van der Waals surface area contributed by atoms with Gasteiger partial charge in [0.05, 0.1) is 6.42 Å². The molecule has 0 aromatic heterocycles. The molecular formula is C24H22N2O2. The topological polar surface area (TPSA) is 58.2 Å². The number of carbonyl (C=O) groups is 2. The molecule has 28 heavy (non-hydrogen) atoms. The molecule has 0 radical (unpaired) electrons. The Morgan fingerprint density at radius 1 is 0.821 bits per heavy atom. The predicted molar refractivity (Wildman–Crippen MR) is 111 cm³/mol. The first-order chi connectivity index (χ1) is 13.7. The van der Waals surface area contributed by atoms with Crippen molar-refractivity contribution in [2.45, 2.75) is 25.3 Å². The molecule has 0 unspecified atom stereocenters. The van der Waals surface area contributed by atoms with E-state index >= 15 is 0 Å². The molecular weight excluding hydrogens is 348 g/mol. The van der Waals surface area contributed by atoms with E-state index in [2.05, 4.69) is 22.8 Å². The first kappa shape index (κ1) is 18.0. The third kappa shape index (κ3) is 4.65. The summed E-state index contributed by atoms with van der Waals surface area (Å²) in [7, 11) is 0. The molecule has 0 atom stereocenters. The highest BCUT2D eigenvalue weighted by molar-refractivity contribution is 5.97. The number of amides is 2. The van der Waals surface area contributed by atoms with Gasteiger partial charge in [-0.1, -0.05) is 60.7 Å². The normalized spacial score (nSPS) is 13.0. The monoisotopic (exact) mass is 370 g/mol. The molecule has 1 saturated carbocycles. The third-order valence-corrected chi connectivity index (χ3v) is 4.75. The molecule has 2 amide bonds. The molecule has 0 bridgehead atoms. The number of nitrogens with one attached hydrogen (secondary N) is 2. The van der Waals surface area contributed by atoms with E-state index in [-0.39, 0.29) is 18.2 Å². The van der Waals surface area contributed by atoms with Gasteiger partial charge < -0.3 is 10.6 Å². The molecule has 2 N–H and O–H groups in total. The summed E-state index contributed by atoms with van der Waals surface area (Å²) in [6, 6.07) is 25.5. The third-order valence-electron chi connectivity index (χ3n) is 4.75. The number of rotatable bonds is 6. The summed E-state index contributed by atoms with van der Waals surface area (Å²) in [5.41, 5.74) is 4.42. The predicted octanol–water partition coefficient (Wildman–Crippen LogP) is 4.43. The van der Waals surface area contributed by atoms with E-state index in [0.717, 1.165) is 29.5 Å². The van der Waals surface area contributed by atoms with Gasteiger partial charge >= 0.3 is 0 Å². The van der Waals surface area contributed by atoms with Crippen molar-refractivity contribution >= 4 is 17.5 Å². The number of hydrogen-bond donors (Lipinski definition) is 2. The molecule has 4 rings (SSSR count). The van der Waals surface area contributed by atoms with Gasteiger partial charge in [-0.3, -0.25) is 9.59 Å². The summed E-state index contributed by atoms with van der Waals surface area (Å²) in [6.07, 6.45) is 2.38. The van der Waals surface area contributed by atoms with E-state index < -0.39 is 0 Å². The van der Waals surface area contributed by atoms with E-state index in [0.29, 0.717) is 17.3 Å². The van der Waals surface area contributed by atoms with Crippen LogP contribution in [0.5, 0.6) is 0 Å². The Labute approximate surface area is 164 Å². The number of anilines is 1. The van der Waals surface area contributed by atoms with E-state index in [1.54, 1.807) is 24.3 Å². The Balaban J connectivity index is 1.37. The molecule has 4 nitrogen and oxygen atoms in total. The van der Waals surface area contributed by atoms with Crippen LogP contribution in [-0.4, -0.2) is 17.9 Å². The zero-order chi connectivity index (χ0) is 19.3. The van der Waals surface area contributed by atoms with Crippen LogP contribution in [0.4, 0.5) is 5.69 Å². The molecule has 0 heterocycles. The van der Waals surface area contributed by atoms with Crippen LogP contribution in [0.2, 0.25) is 0 Å². The summed E-state index contributed by atoms with van der Waals surface area (Å²) in [6.45, 7) is 0. The van der Waals surface area contributed by atoms with Gasteiger partial charge in [0.2, 0.25) is 5.91 Å². The summed E-state index contributed by atoms with van der Waals surface area (Å²) in [5, 5.41) is 5.84. The minimum atomic E-state index is -0.104. The average Bonchev–Trinajstić information content (AvgIpc) is 3.53. The number of benzene rings is 3. The van der Waals surface area contributed by atoms with Crippen LogP contribution in [0.3, 0.4) is 0 Å². The smallest absolute Gasteiger partial charge is 0.251 e. The Hall–Kier alpha value is -3.40. The lowest BCUT2D eigenvalue weighted by Crippen LogP contribution is -2.25. The fourth-order valence-electron chi connectivity index (χ4n) is 3.07. The number of carbonyl (C=O) groups excluding carboxylic acids is 2. The Morgan fingerprint density at radius 3 is 2.25 bits per heavy atom. The zero-order valence-electron chi connectivity index (χ0n) is 15.5. The van der Waals surface area contributed by atoms with Crippen molar-refractivity contribution in [3.05, 3.63) is 90.0 Å². The van der Waals surface area contributed by atoms with Crippen LogP contribution in [0.15, 0.2) is 78.9 Å². The van der Waals surface area contributed by atoms with Crippen molar-refractivity contribution in [2.75, 3.05) is 5.32 Å². The highest BCUT2D eigenvalue weighted by Crippen LogP contribution is 2.21. The molecule has 3 aromatic carbocycles. The lowest BCUT2D eigenvalue weighted by Gasteiger charge is -2.09. The van der Waals surface area contributed by atoms with E-state index in [1.165, 1.54) is 0 Å². The highest BCUT2D eigenvalue weighted by Gasteiger charge is 2.23. The fourth-order valence-corrected chi connectivity index (χ4v) is 3.07. The Kier molecular flexibility index (Phi) is 5.20. The molecule has 1 fully saturated rings. The highest BCUT2D eigenvalue weighted by atomic mass is 16.2. The van der Waals surface area contributed by atoms with Gasteiger partial charge in [-0.2, -0.15) is 0 Å². The van der Waals surface area contributed by atoms with Gasteiger partial charge in [0.1, 0.15) is 0 Å². The van der Waals surface area contributed by atoms with Crippen LogP contribution >= 0.6 is 0 Å². The first-order valence-corrected chi connectivity index (χ1v) is 9.52. The zero-order valence-corrected chi connectivity index (χ0v) is 15.5. The van der Waals surface area contributed by atoms with Crippen molar-refractivity contribution in [1.82, 2.24) is 5.32 Å². The van der Waals surface area contributed by atoms with Crippen molar-refractivity contribution < 1.29 is 9.59 Å². The molecule has 0 spiro atoms. The Bertz CT molecular complexity index is 977. The summed E-state index contributed by atoms with van der Waals surface area (Å²) in [5.74, 6) is -0.192. The fraction of sp³-hybridized carbons (Fsp3) is 0.167. The van der Waals surface area contributed by atoms with Crippen LogP contribution < -0.4 is 10.6 Å². The molecule has 1 aliphatic rings. The van der Waals surface area contributed by atoms with E-state index in [4.69, 9.17) is 0 Å². The molecule has 1 aliphatic carbocycles. The van der Waals surface area contributed by atoms with E-state index in [1.807, 2.05) is 42.5 Å². The van der Waals surface area contributed by atoms with Gasteiger partial charge in [0, 0.05) is 17.3 Å². The van der Waals surface area contributed by atoms with Gasteiger partial charge in [-0.25, -0.2) is 0 Å². The second-order valence-electron chi connectivity index (χ2n) is 7.12. The minimum Gasteiger partial charge on any atom is -0.349 e. The van der Waals surface area contributed by atoms with Gasteiger partial charge in [0.25, 0.3) is 5.91 Å². The van der Waals surface area contributed by atoms with Crippen LogP contribution in [0.1, 0.15) is 28.8 Å². The summed E-state index contributed by atoms with van der Waals surface area (Å²) < 4.78 is 0. The summed E-state index contributed by atoms with van der Waals surface area (Å²) >= 11 is 0. The van der Waals surface area contributed by atoms with Crippen molar-refractivity contribution in [2.24, 2.45) is 0 Å². The maximum absolute atomic E-state index is 12.4. The van der Waals surface area contributed by atoms with Crippen LogP contribution in [0.25, 0.3) is 11.1 Å². The SMILES string of the molecule is O=C(Cc1ccc(-c2ccccc2)cc1)Nc1cccc(C(=O)NC2CC2)c1. The number of hydrogen-bond acceptors (Lipinski definition) is 2. The molecule has 4 heteroatoms. The Morgan fingerprint density at radius 2 is 1.54 bits per heavy atom. The van der Waals surface area contributed by atoms with Crippen molar-refractivity contribution in [1.29, 1.82) is 0 Å². The minimum absolute atomic E-state index is 0.0879. The van der Waals surface area contributed by atoms with Crippen LogP contribution in [-0.2, 0) is 11.2 Å². The molecule has 0 saturated heterocycles. The maximum Gasteiger partial charge on any atom is 0.251 e. The second-order valence-corrected chi connectivity index (χ2v) is 7.12. The second kappa shape index (κ2) is 8.09. The quantitative estimate of drug-likeness (QED) is 0.674. The largest absolute Gasteiger partial charge is 0.349 e. The molecule has 3 aromatic rings. The van der Waals surface area contributed by atoms with Crippen molar-refractivity contribution in [3.8, 4) is 11.1 Å². The molecule has 0 aliphatic heterocycles. The maximum atomic E-state index is 12.4. The van der Waals surface area contributed by atoms with Gasteiger partial charge in [-0.15, -0.1) is 0 Å².